The summed E-state index contributed by atoms with van der Waals surface area (Å²) in [4.78, 5) is 0. The molecule has 0 fully saturated rings. The van der Waals surface area contributed by atoms with E-state index in [9.17, 15) is 0 Å². The normalized spacial score (nSPS) is 4.51. The highest BCUT2D eigenvalue weighted by Crippen LogP contribution is 1.96. The topological polar surface area (TPSA) is 0 Å². The fourth-order valence-electron chi connectivity index (χ4n) is 2.63. The fraction of sp³-hybridized carbons (Fsp3) is 0.0345. The van der Waals surface area contributed by atoms with Crippen LogP contribution in [-0.2, 0) is 0 Å². The minimum absolute atomic E-state index is 0.860. The molecule has 0 aromatic rings. The molecule has 0 bridgehead atoms. The van der Waals surface area contributed by atoms with Crippen LogP contribution >= 0.6 is 0 Å². The van der Waals surface area contributed by atoms with Gasteiger partial charge in [0.25, 0.3) is 13.2 Å². The number of hydrogen-bond acceptors (Lipinski definition) is 0. The van der Waals surface area contributed by atoms with Crippen molar-refractivity contribution < 1.29 is 0 Å². The molecule has 0 heterocycles. The van der Waals surface area contributed by atoms with Crippen LogP contribution in [0.2, 0.25) is 0 Å². The van der Waals surface area contributed by atoms with Crippen molar-refractivity contribution in [2.75, 3.05) is 0 Å². The highest BCUT2D eigenvalue weighted by molar-refractivity contribution is 7.59. The molecule has 0 spiro atoms. The summed E-state index contributed by atoms with van der Waals surface area (Å²) < 4.78 is 0. The molecule has 0 aliphatic rings. The molecule has 0 aliphatic heterocycles. The van der Waals surface area contributed by atoms with E-state index in [0.29, 0.717) is 0 Å². The second kappa shape index (κ2) is 42.3. The van der Waals surface area contributed by atoms with Crippen molar-refractivity contribution in [2.45, 2.75) is 13.8 Å². The van der Waals surface area contributed by atoms with Crippen molar-refractivity contribution >= 4 is 19.7 Å². The third-order valence-electron chi connectivity index (χ3n) is 4.71. The second-order valence-electron chi connectivity index (χ2n) is 8.51. The van der Waals surface area contributed by atoms with Crippen LogP contribution in [0, 0.1) is 333 Å². The zero-order chi connectivity index (χ0) is 44.2. The minimum atomic E-state index is -0.901. The van der Waals surface area contributed by atoms with Crippen LogP contribution in [0.5, 0.6) is 0 Å². The van der Waals surface area contributed by atoms with Gasteiger partial charge in [0.15, 0.2) is 0 Å². The first-order valence-corrected chi connectivity index (χ1v) is 16.0. The maximum Gasteiger partial charge on any atom is 0.295 e. The van der Waals surface area contributed by atoms with Gasteiger partial charge in [-0.15, -0.1) is 42.5 Å². The first kappa shape index (κ1) is 48.9. The van der Waals surface area contributed by atoms with Crippen LogP contribution in [0.3, 0.4) is 0 Å². The Bertz CT molecular complexity index is 3460. The Balaban J connectivity index is 7.85. The highest BCUT2D eigenvalue weighted by atomic mass is 13.7. The maximum absolute atomic E-state index is 5.07. The largest absolute Gasteiger partial charge is 0.295 e. The average Bonchev–Trinajstić information content (AvgIpc) is 3.27. The van der Waals surface area contributed by atoms with Gasteiger partial charge in [-0.2, -0.15) is 5.82 Å². The van der Waals surface area contributed by atoms with Gasteiger partial charge in [-0.1, -0.05) is 11.8 Å². The zero-order valence-electron chi connectivity index (χ0n) is 32.0. The summed E-state index contributed by atoms with van der Waals surface area (Å²) >= 11 is 0. The van der Waals surface area contributed by atoms with Crippen molar-refractivity contribution in [3.63, 3.8) is 0 Å². The van der Waals surface area contributed by atoms with E-state index in [1.54, 1.807) is 13.8 Å². The van der Waals surface area contributed by atoms with Gasteiger partial charge in [-0.3, -0.25) is 0 Å². The molecule has 250 valence electrons. The summed E-state index contributed by atoms with van der Waals surface area (Å²) in [6, 6.07) is 0. The summed E-state index contributed by atoms with van der Waals surface area (Å²) in [6.07, 6.45) is 15.2. The van der Waals surface area contributed by atoms with Crippen molar-refractivity contribution in [2.24, 2.45) is 0 Å². The van der Waals surface area contributed by atoms with E-state index >= 15 is 0 Å². The van der Waals surface area contributed by atoms with Crippen molar-refractivity contribution in [3.05, 3.63) is 0 Å². The molecular formula is C58H9B3. The van der Waals surface area contributed by atoms with Gasteiger partial charge in [0, 0.05) is 0 Å². The number of hydrogen-bond donors (Lipinski definition) is 0. The van der Waals surface area contributed by atoms with Crippen LogP contribution in [0.4, 0.5) is 0 Å². The fourth-order valence-corrected chi connectivity index (χ4v) is 2.63. The van der Waals surface area contributed by atoms with E-state index in [2.05, 4.69) is 313 Å². The average molecular weight is 738 g/mol. The second-order valence-corrected chi connectivity index (χ2v) is 8.51. The van der Waals surface area contributed by atoms with E-state index in [4.69, 9.17) is 19.3 Å². The molecule has 0 aliphatic carbocycles. The van der Waals surface area contributed by atoms with E-state index in [1.807, 2.05) is 0 Å². The molecular weight excluding hydrogens is 729 g/mol. The summed E-state index contributed by atoms with van der Waals surface area (Å²) in [6.45, 7) is 0.667. The van der Waals surface area contributed by atoms with Gasteiger partial charge in [0.2, 0.25) is 6.49 Å². The van der Waals surface area contributed by atoms with Crippen LogP contribution in [-0.4, -0.2) is 19.7 Å². The first-order valence-electron chi connectivity index (χ1n) is 16.0. The maximum atomic E-state index is 5.07. The Hall–Kier alpha value is -12.1. The van der Waals surface area contributed by atoms with Crippen LogP contribution in [0.1, 0.15) is 13.8 Å². The Morgan fingerprint density at radius 1 is 0.197 bits per heavy atom. The molecule has 0 radical (unpaired) electrons. The van der Waals surface area contributed by atoms with Gasteiger partial charge in [-0.25, -0.2) is 0 Å². The van der Waals surface area contributed by atoms with Crippen LogP contribution in [0.25, 0.3) is 0 Å². The monoisotopic (exact) mass is 738 g/mol. The molecule has 0 aromatic carbocycles. The third kappa shape index (κ3) is 34.7. The lowest BCUT2D eigenvalue weighted by Crippen LogP contribution is -2.46. The molecule has 0 atom stereocenters. The molecule has 0 saturated carbocycles. The molecule has 0 N–H and O–H groups in total. The van der Waals surface area contributed by atoms with Gasteiger partial charge in [-0.05, 0) is 286 Å². The Kier molecular flexibility index (Phi) is 33.9. The minimum Gasteiger partial charge on any atom is -0.154 e. The Morgan fingerprint density at radius 2 is 0.361 bits per heavy atom. The molecule has 0 amide bonds. The predicted octanol–water partition coefficient (Wildman–Crippen LogP) is 0.348. The molecule has 0 rings (SSSR count). The first-order chi connectivity index (χ1) is 30.2. The number of rotatable bonds is 2. The quantitative estimate of drug-likeness (QED) is 0.284. The molecule has 61 heavy (non-hydrogen) atoms. The van der Waals surface area contributed by atoms with Gasteiger partial charge in [0.1, 0.15) is 0 Å². The summed E-state index contributed by atoms with van der Waals surface area (Å²) in [5.74, 6) is 137. The smallest absolute Gasteiger partial charge is 0.154 e. The molecule has 0 saturated heterocycles. The predicted molar refractivity (Wildman–Crippen MR) is 250 cm³/mol. The van der Waals surface area contributed by atoms with Crippen LogP contribution in [0.15, 0.2) is 0 Å². The van der Waals surface area contributed by atoms with Gasteiger partial charge < -0.3 is 0 Å². The zero-order valence-corrected chi connectivity index (χ0v) is 32.0. The van der Waals surface area contributed by atoms with E-state index < -0.39 is 19.7 Å². The Morgan fingerprint density at radius 3 is 0.557 bits per heavy atom. The summed E-state index contributed by atoms with van der Waals surface area (Å²) in [7, 11) is 0. The molecule has 0 aromatic heterocycles. The Labute approximate surface area is 364 Å². The van der Waals surface area contributed by atoms with E-state index in [-0.39, 0.29) is 0 Å². The lowest BCUT2D eigenvalue weighted by atomic mass is 8.89. The van der Waals surface area contributed by atoms with Gasteiger partial charge in [0.05, 0.1) is 0 Å². The lowest BCUT2D eigenvalue weighted by molar-refractivity contribution is 1.92. The van der Waals surface area contributed by atoms with Crippen molar-refractivity contribution in [1.82, 2.24) is 0 Å². The molecule has 3 heteroatoms. The number of terminal acetylenes is 3. The summed E-state index contributed by atoms with van der Waals surface area (Å²) in [5, 5.41) is 0. The summed E-state index contributed by atoms with van der Waals surface area (Å²) in [5.41, 5.74) is 0. The van der Waals surface area contributed by atoms with Crippen molar-refractivity contribution in [3.8, 4) is 333 Å². The third-order valence-corrected chi connectivity index (χ3v) is 4.71. The highest BCUT2D eigenvalue weighted by Gasteiger charge is 2.36. The van der Waals surface area contributed by atoms with E-state index in [0.717, 1.165) is 0 Å². The van der Waals surface area contributed by atoms with Gasteiger partial charge >= 0.3 is 0 Å². The van der Waals surface area contributed by atoms with E-state index in [1.165, 1.54) is 0 Å². The SMILES string of the molecule is C#CC#CC#CC#CC#CC#CB(C#CC#CC#CC#CC#CC#C)B(C#CC#CC#CC#CC#CC#C)B(C#CC#CC#CC#CC#CC)C#CC#CC#CC#CC#CC. The van der Waals surface area contributed by atoms with Crippen LogP contribution < -0.4 is 0 Å². The standard InChI is InChI=1S/C58H9B3/c1-6-11-16-21-26-31-36-41-46-51-56-60(57-52-47-42-37-32-27-22-17-12-7-2)61(58-53-48-43-38-33-28-23-18-13-8-3)59(54-49-44-39-34-29-24-19-14-9-4)55-50-45-40-35-30-25-20-15-10-5/h1-3H,4-5H3. The van der Waals surface area contributed by atoms with Crippen molar-refractivity contribution in [1.29, 1.82) is 0 Å². The molecule has 0 nitrogen and oxygen atoms in total. The lowest BCUT2D eigenvalue weighted by Gasteiger charge is -2.06. The molecule has 0 unspecified atom stereocenters.